The van der Waals surface area contributed by atoms with Crippen molar-refractivity contribution in [3.8, 4) is 22.9 Å². The van der Waals surface area contributed by atoms with Gasteiger partial charge in [-0.2, -0.15) is 0 Å². The number of aromatic nitrogens is 2. The molecular weight excluding hydrogens is 841 g/mol. The molecule has 2 heterocycles. The zero-order valence-electron chi connectivity index (χ0n) is 30.5. The number of halogens is 5. The van der Waals surface area contributed by atoms with Gasteiger partial charge in [0, 0.05) is 56.7 Å². The Morgan fingerprint density at radius 3 is 1.46 bits per heavy atom. The van der Waals surface area contributed by atoms with E-state index < -0.39 is 30.7 Å². The maximum absolute atomic E-state index is 13.0. The minimum atomic E-state index is -3.80. The van der Waals surface area contributed by atoms with Crippen molar-refractivity contribution < 1.29 is 35.8 Å². The Balaban J connectivity index is 0.000000176. The van der Waals surface area contributed by atoms with Crippen LogP contribution in [0.25, 0.3) is 45.1 Å². The fourth-order valence-corrected chi connectivity index (χ4v) is 6.93. The molecule has 6 aromatic carbocycles. The van der Waals surface area contributed by atoms with E-state index in [1.54, 1.807) is 61.5 Å². The van der Waals surface area contributed by atoms with Gasteiger partial charge in [-0.25, -0.2) is 35.6 Å². The van der Waals surface area contributed by atoms with Crippen LogP contribution in [-0.4, -0.2) is 26.8 Å². The monoisotopic (exact) mass is 871 g/mol. The number of oxazole rings is 2. The molecule has 2 aromatic heterocycles. The van der Waals surface area contributed by atoms with Gasteiger partial charge in [-0.3, -0.25) is 4.72 Å². The summed E-state index contributed by atoms with van der Waals surface area (Å²) in [5.74, 6) is -0.0190. The van der Waals surface area contributed by atoms with Gasteiger partial charge in [0.1, 0.15) is 22.7 Å². The van der Waals surface area contributed by atoms with E-state index in [0.29, 0.717) is 62.3 Å². The first kappa shape index (κ1) is 41.1. The second-order valence-corrected chi connectivity index (χ2v) is 16.5. The normalized spacial score (nSPS) is 11.3. The zero-order valence-corrected chi connectivity index (χ0v) is 33.4. The Bertz CT molecular complexity index is 2850. The molecule has 0 radical (unpaired) electrons. The van der Waals surface area contributed by atoms with E-state index in [-0.39, 0.29) is 9.79 Å². The van der Waals surface area contributed by atoms with Crippen LogP contribution in [0, 0.1) is 11.6 Å². The summed E-state index contributed by atoms with van der Waals surface area (Å²) in [5, 5.41) is 1.19. The average Bonchev–Trinajstić information content (AvgIpc) is 3.80. The Hall–Kier alpha value is -5.51. The number of nitrogens with zero attached hydrogens (tertiary/aromatic N) is 2. The molecule has 0 unspecified atom stereocenters. The number of sulfonamides is 1. The van der Waals surface area contributed by atoms with E-state index >= 15 is 0 Å². The number of nitrogen functional groups attached to an aromatic ring is 1. The van der Waals surface area contributed by atoms with E-state index in [9.17, 15) is 25.6 Å². The van der Waals surface area contributed by atoms with Gasteiger partial charge in [-0.05, 0) is 121 Å². The van der Waals surface area contributed by atoms with E-state index in [0.717, 1.165) is 47.5 Å². The van der Waals surface area contributed by atoms with E-state index in [4.69, 9.17) is 49.8 Å². The largest absolute Gasteiger partial charge is 0.436 e. The Kier molecular flexibility index (Phi) is 13.4. The van der Waals surface area contributed by atoms with Gasteiger partial charge in [0.05, 0.1) is 9.79 Å². The molecule has 10 nitrogen and oxygen atoms in total. The van der Waals surface area contributed by atoms with Gasteiger partial charge >= 0.3 is 0 Å². The first-order valence-corrected chi connectivity index (χ1v) is 21.0. The fraction of sp³-hybridized carbons (Fsp3) is 0.0500. The molecule has 17 heteroatoms. The van der Waals surface area contributed by atoms with Gasteiger partial charge in [0.15, 0.2) is 11.2 Å². The van der Waals surface area contributed by atoms with Gasteiger partial charge in [0.2, 0.25) is 11.8 Å². The highest BCUT2D eigenvalue weighted by molar-refractivity contribution is 8.13. The molecule has 0 aliphatic rings. The smallest absolute Gasteiger partial charge is 0.261 e. The third-order valence-corrected chi connectivity index (χ3v) is 10.7. The maximum atomic E-state index is 13.0. The van der Waals surface area contributed by atoms with Gasteiger partial charge in [-0.15, -0.1) is 0 Å². The summed E-state index contributed by atoms with van der Waals surface area (Å²) in [4.78, 5) is 8.65. The third-order valence-electron chi connectivity index (χ3n) is 7.46. The molecular formula is C40H31Cl3F2N4O6S2. The number of nitrogens with two attached hydrogens (primary N) is 1. The van der Waals surface area contributed by atoms with Crippen molar-refractivity contribution in [1.29, 1.82) is 0 Å². The van der Waals surface area contributed by atoms with Crippen molar-refractivity contribution in [2.75, 3.05) is 10.5 Å². The average molecular weight is 873 g/mol. The van der Waals surface area contributed by atoms with Crippen LogP contribution in [0.4, 0.5) is 20.2 Å². The molecule has 0 saturated carbocycles. The lowest BCUT2D eigenvalue weighted by molar-refractivity contribution is 0.599. The van der Waals surface area contributed by atoms with Crippen LogP contribution in [0.1, 0.15) is 15.2 Å². The highest BCUT2D eigenvalue weighted by atomic mass is 35.7. The Morgan fingerprint density at radius 2 is 1.04 bits per heavy atom. The van der Waals surface area contributed by atoms with Crippen LogP contribution < -0.4 is 10.5 Å². The summed E-state index contributed by atoms with van der Waals surface area (Å²) < 4.78 is 91.0. The maximum Gasteiger partial charge on any atom is 0.261 e. The molecule has 0 fully saturated rings. The van der Waals surface area contributed by atoms with Crippen molar-refractivity contribution in [1.82, 2.24) is 9.97 Å². The van der Waals surface area contributed by atoms with Gasteiger partial charge < -0.3 is 14.6 Å². The predicted octanol–water partition coefficient (Wildman–Crippen LogP) is 11.6. The standard InChI is InChI=1S/C19H12ClFN2O3S.C13H9ClN2O.C6H4ClFO2S.C2H6/c20-13-3-10-17-18(11-13)26-19(22-17)12-1-6-15(7-2-12)23-27(24,25)16-8-4-14(21)5-9-16;14-9-3-6-11-12(7-9)17-13(16-11)8-1-4-10(15)5-2-8;7-11(9,10)6-3-1-5(8)2-4-6;1-2/h1-11,23H;1-7H,15H2;1-4H;1-2H3/i;;;1D. The molecule has 0 aliphatic carbocycles. The molecule has 57 heavy (non-hydrogen) atoms. The molecule has 0 bridgehead atoms. The van der Waals surface area contributed by atoms with Crippen LogP contribution in [0.15, 0.2) is 152 Å². The van der Waals surface area contributed by atoms with E-state index in [1.165, 1.54) is 12.1 Å². The minimum Gasteiger partial charge on any atom is -0.436 e. The van der Waals surface area contributed by atoms with Crippen molar-refractivity contribution in [3.05, 3.63) is 155 Å². The SMILES string of the molecule is Nc1ccc(-c2nc3ccc(Cl)cc3o2)cc1.O=S(=O)(Cl)c1ccc(F)cc1.O=S(=O)(Nc1ccc(-c2nc3ccc(Cl)cc3o2)cc1)c1ccc(F)cc1.[2H]CC. The van der Waals surface area contributed by atoms with Gasteiger partial charge in [-0.1, -0.05) is 37.0 Å². The number of nitrogens with one attached hydrogen (secondary N) is 1. The van der Waals surface area contributed by atoms with Crippen LogP contribution in [0.2, 0.25) is 10.0 Å². The quantitative estimate of drug-likeness (QED) is 0.122. The summed E-state index contributed by atoms with van der Waals surface area (Å²) >= 11 is 11.8. The van der Waals surface area contributed by atoms with Crippen molar-refractivity contribution in [2.45, 2.75) is 23.6 Å². The summed E-state index contributed by atoms with van der Waals surface area (Å²) in [7, 11) is -2.56. The highest BCUT2D eigenvalue weighted by Gasteiger charge is 2.15. The summed E-state index contributed by atoms with van der Waals surface area (Å²) in [6.07, 6.45) is 0. The Labute approximate surface area is 342 Å². The molecule has 294 valence electrons. The molecule has 0 atom stereocenters. The molecule has 8 aromatic rings. The molecule has 0 spiro atoms. The summed E-state index contributed by atoms with van der Waals surface area (Å²) in [5.41, 5.74) is 11.0. The lowest BCUT2D eigenvalue weighted by Gasteiger charge is -2.08. The van der Waals surface area contributed by atoms with Crippen LogP contribution in [-0.2, 0) is 19.1 Å². The lowest BCUT2D eigenvalue weighted by Crippen LogP contribution is -2.12. The van der Waals surface area contributed by atoms with Crippen molar-refractivity contribution >= 4 is 86.5 Å². The lowest BCUT2D eigenvalue weighted by atomic mass is 10.2. The Morgan fingerprint density at radius 1 is 0.632 bits per heavy atom. The van der Waals surface area contributed by atoms with E-state index in [2.05, 4.69) is 14.7 Å². The first-order valence-electron chi connectivity index (χ1n) is 17.1. The number of rotatable bonds is 6. The molecule has 8 rings (SSSR count). The number of fused-ring (bicyclic) bond motifs is 2. The van der Waals surface area contributed by atoms with Crippen LogP contribution in [0.3, 0.4) is 0 Å². The van der Waals surface area contributed by atoms with Crippen molar-refractivity contribution in [2.24, 2.45) is 0 Å². The topological polar surface area (TPSA) is 158 Å². The highest BCUT2D eigenvalue weighted by Crippen LogP contribution is 2.29. The summed E-state index contributed by atoms with van der Waals surface area (Å²) in [6.45, 7) is 2.29. The number of hydrogen-bond acceptors (Lipinski definition) is 9. The van der Waals surface area contributed by atoms with Crippen LogP contribution in [0.5, 0.6) is 0 Å². The zero-order chi connectivity index (χ0) is 42.0. The number of anilines is 2. The third kappa shape index (κ3) is 11.5. The van der Waals surface area contributed by atoms with Crippen LogP contribution >= 0.6 is 33.9 Å². The second kappa shape index (κ2) is 18.6. The molecule has 0 amide bonds. The second-order valence-electron chi connectivity index (χ2n) is 11.4. The molecule has 0 aliphatic heterocycles. The van der Waals surface area contributed by atoms with E-state index in [1.807, 2.05) is 30.3 Å². The number of benzene rings is 6. The number of hydrogen-bond donors (Lipinski definition) is 2. The van der Waals surface area contributed by atoms with Gasteiger partial charge in [0.25, 0.3) is 19.1 Å². The molecule has 0 saturated heterocycles. The first-order chi connectivity index (χ1) is 27.5. The fourth-order valence-electron chi connectivity index (χ4n) is 4.78. The van der Waals surface area contributed by atoms with Crippen molar-refractivity contribution in [3.63, 3.8) is 0 Å². The summed E-state index contributed by atoms with van der Waals surface area (Å²) in [6, 6.07) is 33.4. The molecule has 3 N–H and O–H groups in total. The predicted molar refractivity (Wildman–Crippen MR) is 221 cm³/mol. The minimum absolute atomic E-state index is 0.0243.